The van der Waals surface area contributed by atoms with Gasteiger partial charge in [-0.2, -0.15) is 0 Å². The lowest BCUT2D eigenvalue weighted by Crippen LogP contribution is -2.28. The van der Waals surface area contributed by atoms with Crippen LogP contribution in [0.15, 0.2) is 54.6 Å². The molecule has 1 aromatic heterocycles. The minimum atomic E-state index is -0.575. The van der Waals surface area contributed by atoms with Crippen molar-refractivity contribution < 1.29 is 5.11 Å². The summed E-state index contributed by atoms with van der Waals surface area (Å²) >= 11 is 6.17. The van der Waals surface area contributed by atoms with Gasteiger partial charge in [0.05, 0.1) is 17.3 Å². The van der Waals surface area contributed by atoms with E-state index in [-0.39, 0.29) is 0 Å². The van der Waals surface area contributed by atoms with Gasteiger partial charge in [-0.1, -0.05) is 61.8 Å². The van der Waals surface area contributed by atoms with Crippen LogP contribution in [0.25, 0.3) is 22.2 Å². The van der Waals surface area contributed by atoms with Crippen molar-refractivity contribution in [2.45, 2.75) is 20.0 Å². The van der Waals surface area contributed by atoms with Crippen LogP contribution in [-0.4, -0.2) is 34.6 Å². The average molecular weight is 355 g/mol. The zero-order valence-electron chi connectivity index (χ0n) is 14.6. The van der Waals surface area contributed by atoms with E-state index in [0.717, 1.165) is 40.8 Å². The number of benzene rings is 2. The monoisotopic (exact) mass is 354 g/mol. The molecule has 0 spiro atoms. The summed E-state index contributed by atoms with van der Waals surface area (Å²) < 4.78 is 0. The van der Waals surface area contributed by atoms with Crippen LogP contribution in [0.4, 0.5) is 0 Å². The van der Waals surface area contributed by atoms with Gasteiger partial charge in [-0.25, -0.2) is 4.98 Å². The largest absolute Gasteiger partial charge is 0.387 e. The Morgan fingerprint density at radius 1 is 1.04 bits per heavy atom. The van der Waals surface area contributed by atoms with Crippen molar-refractivity contribution in [3.8, 4) is 11.3 Å². The first-order valence-electron chi connectivity index (χ1n) is 8.68. The Kier molecular flexibility index (Phi) is 5.69. The number of aliphatic hydroxyl groups excluding tert-OH is 1. The minimum absolute atomic E-state index is 0.575. The van der Waals surface area contributed by atoms with Crippen LogP contribution in [0.5, 0.6) is 0 Å². The Hall–Kier alpha value is -1.94. The van der Waals surface area contributed by atoms with Crippen molar-refractivity contribution >= 4 is 22.5 Å². The number of aliphatic hydroxyl groups is 1. The van der Waals surface area contributed by atoms with Gasteiger partial charge in [-0.15, -0.1) is 0 Å². The predicted octanol–water partition coefficient (Wildman–Crippen LogP) is 4.93. The molecule has 0 saturated carbocycles. The van der Waals surface area contributed by atoms with Crippen LogP contribution in [0.3, 0.4) is 0 Å². The molecule has 0 radical (unpaired) electrons. The Balaban J connectivity index is 2.12. The van der Waals surface area contributed by atoms with Crippen molar-refractivity contribution in [1.82, 2.24) is 9.88 Å². The summed E-state index contributed by atoms with van der Waals surface area (Å²) in [5, 5.41) is 12.5. The molecule has 130 valence electrons. The average Bonchev–Trinajstić information content (AvgIpc) is 2.65. The summed E-state index contributed by atoms with van der Waals surface area (Å²) in [5.41, 5.74) is 3.58. The van der Waals surface area contributed by atoms with Crippen LogP contribution in [0.2, 0.25) is 5.02 Å². The van der Waals surface area contributed by atoms with Crippen LogP contribution in [0.1, 0.15) is 25.5 Å². The lowest BCUT2D eigenvalue weighted by atomic mass is 10.00. The fraction of sp³-hybridized carbons (Fsp3) is 0.286. The third kappa shape index (κ3) is 4.01. The number of hydrogen-bond acceptors (Lipinski definition) is 3. The van der Waals surface area contributed by atoms with E-state index in [1.807, 2.05) is 54.6 Å². The van der Waals surface area contributed by atoms with Crippen molar-refractivity contribution in [2.75, 3.05) is 19.6 Å². The van der Waals surface area contributed by atoms with Crippen molar-refractivity contribution in [1.29, 1.82) is 0 Å². The van der Waals surface area contributed by atoms with Gasteiger partial charge in [0, 0.05) is 22.5 Å². The summed E-state index contributed by atoms with van der Waals surface area (Å²) in [5.74, 6) is 0. The molecule has 3 aromatic rings. The second-order valence-corrected chi connectivity index (χ2v) is 6.56. The lowest BCUT2D eigenvalue weighted by molar-refractivity contribution is 0.120. The summed E-state index contributed by atoms with van der Waals surface area (Å²) in [6, 6.07) is 17.7. The molecule has 3 rings (SSSR count). The topological polar surface area (TPSA) is 36.4 Å². The van der Waals surface area contributed by atoms with Gasteiger partial charge >= 0.3 is 0 Å². The molecule has 2 aromatic carbocycles. The first-order valence-corrected chi connectivity index (χ1v) is 9.06. The Morgan fingerprint density at radius 2 is 1.76 bits per heavy atom. The molecule has 0 aliphatic heterocycles. The van der Waals surface area contributed by atoms with Gasteiger partial charge in [0.1, 0.15) is 0 Å². The maximum Gasteiger partial charge on any atom is 0.0924 e. The molecule has 1 N–H and O–H groups in total. The third-order valence-corrected chi connectivity index (χ3v) is 4.79. The molecular weight excluding hydrogens is 332 g/mol. The highest BCUT2D eigenvalue weighted by Crippen LogP contribution is 2.30. The first kappa shape index (κ1) is 17.9. The normalized spacial score (nSPS) is 12.7. The smallest absolute Gasteiger partial charge is 0.0924 e. The van der Waals surface area contributed by atoms with E-state index in [4.69, 9.17) is 16.6 Å². The molecule has 0 unspecified atom stereocenters. The standard InChI is InChI=1S/C21H23ClN2O/c1-3-24(4-2)14-21(25)18-13-19(15-8-6-5-7-9-15)23-20-12-16(22)10-11-17(18)20/h5-13,21,25H,3-4,14H2,1-2H3/t21-/m0/s1. The quantitative estimate of drug-likeness (QED) is 0.681. The molecule has 0 amide bonds. The van der Waals surface area contributed by atoms with Crippen molar-refractivity contribution in [3.63, 3.8) is 0 Å². The van der Waals surface area contributed by atoms with E-state index < -0.39 is 6.10 Å². The van der Waals surface area contributed by atoms with E-state index in [2.05, 4.69) is 18.7 Å². The SMILES string of the molecule is CCN(CC)C[C@H](O)c1cc(-c2ccccc2)nc2cc(Cl)ccc12. The van der Waals surface area contributed by atoms with E-state index in [1.54, 1.807) is 0 Å². The maximum atomic E-state index is 10.9. The van der Waals surface area contributed by atoms with Crippen molar-refractivity contribution in [2.24, 2.45) is 0 Å². The number of hydrogen-bond donors (Lipinski definition) is 1. The van der Waals surface area contributed by atoms with E-state index in [9.17, 15) is 5.11 Å². The lowest BCUT2D eigenvalue weighted by Gasteiger charge is -2.23. The van der Waals surface area contributed by atoms with Gasteiger partial charge in [-0.05, 0) is 36.9 Å². The van der Waals surface area contributed by atoms with E-state index in [1.165, 1.54) is 0 Å². The number of pyridine rings is 1. The molecule has 4 heteroatoms. The number of aromatic nitrogens is 1. The summed E-state index contributed by atoms with van der Waals surface area (Å²) in [7, 11) is 0. The molecule has 1 atom stereocenters. The number of likely N-dealkylation sites (N-methyl/N-ethyl adjacent to an activating group) is 1. The summed E-state index contributed by atoms with van der Waals surface area (Å²) in [4.78, 5) is 6.98. The minimum Gasteiger partial charge on any atom is -0.387 e. The third-order valence-electron chi connectivity index (χ3n) is 4.56. The van der Waals surface area contributed by atoms with Gasteiger partial charge in [0.15, 0.2) is 0 Å². The van der Waals surface area contributed by atoms with Gasteiger partial charge in [0.2, 0.25) is 0 Å². The predicted molar refractivity (Wildman–Crippen MR) is 105 cm³/mol. The van der Waals surface area contributed by atoms with Crippen LogP contribution in [0, 0.1) is 0 Å². The highest BCUT2D eigenvalue weighted by atomic mass is 35.5. The fourth-order valence-corrected chi connectivity index (χ4v) is 3.25. The van der Waals surface area contributed by atoms with Crippen molar-refractivity contribution in [3.05, 3.63) is 65.2 Å². The molecule has 0 fully saturated rings. The van der Waals surface area contributed by atoms with Crippen LogP contribution in [-0.2, 0) is 0 Å². The Labute approximate surface area is 153 Å². The molecule has 25 heavy (non-hydrogen) atoms. The Bertz CT molecular complexity index is 847. The zero-order valence-corrected chi connectivity index (χ0v) is 15.4. The number of fused-ring (bicyclic) bond motifs is 1. The molecule has 0 aliphatic rings. The van der Waals surface area contributed by atoms with Crippen LogP contribution >= 0.6 is 11.6 Å². The number of nitrogens with zero attached hydrogens (tertiary/aromatic N) is 2. The number of halogens is 1. The van der Waals surface area contributed by atoms with Gasteiger partial charge < -0.3 is 10.0 Å². The Morgan fingerprint density at radius 3 is 2.44 bits per heavy atom. The first-order chi connectivity index (χ1) is 12.1. The molecular formula is C21H23ClN2O. The van der Waals surface area contributed by atoms with E-state index >= 15 is 0 Å². The molecule has 1 heterocycles. The molecule has 3 nitrogen and oxygen atoms in total. The van der Waals surface area contributed by atoms with Gasteiger partial charge in [0.25, 0.3) is 0 Å². The fourth-order valence-electron chi connectivity index (χ4n) is 3.09. The maximum absolute atomic E-state index is 10.9. The number of rotatable bonds is 6. The van der Waals surface area contributed by atoms with Crippen LogP contribution < -0.4 is 0 Å². The second-order valence-electron chi connectivity index (χ2n) is 6.13. The van der Waals surface area contributed by atoms with E-state index in [0.29, 0.717) is 11.6 Å². The molecule has 0 saturated heterocycles. The van der Waals surface area contributed by atoms with Gasteiger partial charge in [-0.3, -0.25) is 0 Å². The second kappa shape index (κ2) is 7.96. The summed E-state index contributed by atoms with van der Waals surface area (Å²) in [6.45, 7) is 6.64. The molecule has 0 aliphatic carbocycles. The highest BCUT2D eigenvalue weighted by molar-refractivity contribution is 6.31. The molecule has 0 bridgehead atoms. The summed E-state index contributed by atoms with van der Waals surface area (Å²) in [6.07, 6.45) is -0.575. The highest BCUT2D eigenvalue weighted by Gasteiger charge is 2.17. The zero-order chi connectivity index (χ0) is 17.8.